The van der Waals surface area contributed by atoms with Crippen molar-refractivity contribution in [1.82, 2.24) is 5.32 Å². The van der Waals surface area contributed by atoms with Crippen LogP contribution in [0.25, 0.3) is 0 Å². The molecule has 0 aliphatic rings. The van der Waals surface area contributed by atoms with Crippen molar-refractivity contribution in [3.8, 4) is 0 Å². The van der Waals surface area contributed by atoms with Gasteiger partial charge in [-0.3, -0.25) is 0 Å². The highest BCUT2D eigenvalue weighted by Crippen LogP contribution is 2.22. The average molecular weight is 265 g/mol. The summed E-state index contributed by atoms with van der Waals surface area (Å²) in [6.07, 6.45) is 1.74. The smallest absolute Gasteiger partial charge is 0.261 e. The number of halogens is 2. The van der Waals surface area contributed by atoms with Gasteiger partial charge in [0.25, 0.3) is 6.43 Å². The minimum absolute atomic E-state index is 0.315. The zero-order valence-corrected chi connectivity index (χ0v) is 12.3. The van der Waals surface area contributed by atoms with Crippen LogP contribution in [0.5, 0.6) is 0 Å². The summed E-state index contributed by atoms with van der Waals surface area (Å²) in [5.74, 6) is 0. The molecule has 0 aromatic heterocycles. The van der Waals surface area contributed by atoms with E-state index < -0.39 is 13.0 Å². The van der Waals surface area contributed by atoms with E-state index in [4.69, 9.17) is 4.74 Å². The minimum atomic E-state index is -2.36. The molecule has 0 saturated carbocycles. The summed E-state index contributed by atoms with van der Waals surface area (Å²) in [4.78, 5) is 0. The Bertz CT molecular complexity index is 193. The zero-order valence-electron chi connectivity index (χ0n) is 12.3. The second-order valence-corrected chi connectivity index (χ2v) is 6.01. The van der Waals surface area contributed by atoms with Gasteiger partial charge >= 0.3 is 0 Å². The molecule has 0 aromatic rings. The van der Waals surface area contributed by atoms with Gasteiger partial charge in [-0.2, -0.15) is 0 Å². The summed E-state index contributed by atoms with van der Waals surface area (Å²) in [5.41, 5.74) is 0.315. The molecule has 0 spiro atoms. The van der Waals surface area contributed by atoms with Crippen LogP contribution >= 0.6 is 0 Å². The maximum absolute atomic E-state index is 11.9. The molecule has 0 aromatic carbocycles. The molecule has 1 unspecified atom stereocenters. The van der Waals surface area contributed by atoms with E-state index in [9.17, 15) is 8.78 Å². The summed E-state index contributed by atoms with van der Waals surface area (Å²) < 4.78 is 28.8. The van der Waals surface area contributed by atoms with Crippen molar-refractivity contribution in [1.29, 1.82) is 0 Å². The Morgan fingerprint density at radius 2 is 1.83 bits per heavy atom. The Balaban J connectivity index is 3.84. The lowest BCUT2D eigenvalue weighted by atomic mass is 9.88. The topological polar surface area (TPSA) is 21.3 Å². The van der Waals surface area contributed by atoms with E-state index in [1.165, 1.54) is 0 Å². The van der Waals surface area contributed by atoms with Crippen molar-refractivity contribution in [3.05, 3.63) is 0 Å². The summed E-state index contributed by atoms with van der Waals surface area (Å²) in [5, 5.41) is 3.46. The number of alkyl halides is 2. The summed E-state index contributed by atoms with van der Waals surface area (Å²) in [7, 11) is 0. The first-order chi connectivity index (χ1) is 8.35. The minimum Gasteiger partial charge on any atom is -0.375 e. The number of nitrogens with one attached hydrogen (secondary N) is 1. The predicted molar refractivity (Wildman–Crippen MR) is 72.2 cm³/mol. The van der Waals surface area contributed by atoms with Gasteiger partial charge in [0.2, 0.25) is 0 Å². The molecule has 4 heteroatoms. The van der Waals surface area contributed by atoms with Gasteiger partial charge in [0.05, 0.1) is 0 Å². The quantitative estimate of drug-likeness (QED) is 0.606. The number of hydrogen-bond acceptors (Lipinski definition) is 2. The number of ether oxygens (including phenoxy) is 1. The van der Waals surface area contributed by atoms with Gasteiger partial charge in [0.1, 0.15) is 6.61 Å². The van der Waals surface area contributed by atoms with E-state index in [0.29, 0.717) is 18.1 Å². The van der Waals surface area contributed by atoms with Gasteiger partial charge in [0, 0.05) is 12.6 Å². The van der Waals surface area contributed by atoms with Crippen molar-refractivity contribution in [2.75, 3.05) is 19.8 Å². The second-order valence-electron chi connectivity index (χ2n) is 6.01. The van der Waals surface area contributed by atoms with Crippen LogP contribution in [0.1, 0.15) is 53.4 Å². The molecule has 0 amide bonds. The average Bonchev–Trinajstić information content (AvgIpc) is 2.25. The molecule has 0 saturated heterocycles. The monoisotopic (exact) mass is 265 g/mol. The maximum Gasteiger partial charge on any atom is 0.261 e. The molecule has 0 fully saturated rings. The lowest BCUT2D eigenvalue weighted by Crippen LogP contribution is -2.32. The number of rotatable bonds is 10. The summed E-state index contributed by atoms with van der Waals surface area (Å²) in [6, 6.07) is 0.377. The van der Waals surface area contributed by atoms with Gasteiger partial charge in [-0.05, 0) is 37.6 Å². The van der Waals surface area contributed by atoms with E-state index in [1.807, 2.05) is 0 Å². The van der Waals surface area contributed by atoms with Crippen LogP contribution in [0.2, 0.25) is 0 Å². The summed E-state index contributed by atoms with van der Waals surface area (Å²) >= 11 is 0. The van der Waals surface area contributed by atoms with Crippen LogP contribution in [0, 0.1) is 5.41 Å². The largest absolute Gasteiger partial charge is 0.375 e. The Kier molecular flexibility index (Phi) is 9.56. The van der Waals surface area contributed by atoms with E-state index in [-0.39, 0.29) is 0 Å². The van der Waals surface area contributed by atoms with Crippen LogP contribution in [-0.2, 0) is 4.74 Å². The fraction of sp³-hybridized carbons (Fsp3) is 1.00. The standard InChI is InChI=1S/C14H29F2NO/c1-5-9-17-12(6-8-14(2,3)4)7-10-18-11-13(15)16/h12-13,17H,5-11H2,1-4H3. The molecule has 0 aliphatic carbocycles. The van der Waals surface area contributed by atoms with E-state index in [1.54, 1.807) is 0 Å². The summed E-state index contributed by atoms with van der Waals surface area (Å²) in [6.45, 7) is 9.73. The molecule has 1 N–H and O–H groups in total. The molecule has 1 atom stereocenters. The third-order valence-electron chi connectivity index (χ3n) is 2.78. The van der Waals surface area contributed by atoms with Crippen molar-refractivity contribution in [3.63, 3.8) is 0 Å². The zero-order chi connectivity index (χ0) is 14.0. The first-order valence-electron chi connectivity index (χ1n) is 6.94. The fourth-order valence-electron chi connectivity index (χ4n) is 1.70. The first kappa shape index (κ1) is 17.8. The highest BCUT2D eigenvalue weighted by molar-refractivity contribution is 4.71. The van der Waals surface area contributed by atoms with Gasteiger partial charge in [-0.15, -0.1) is 0 Å². The lowest BCUT2D eigenvalue weighted by Gasteiger charge is -2.24. The van der Waals surface area contributed by atoms with Gasteiger partial charge in [-0.25, -0.2) is 8.78 Å². The third kappa shape index (κ3) is 12.2. The molecular weight excluding hydrogens is 236 g/mol. The SMILES string of the molecule is CCCNC(CCOCC(F)F)CCC(C)(C)C. The van der Waals surface area contributed by atoms with Gasteiger partial charge in [-0.1, -0.05) is 27.7 Å². The molecule has 0 rings (SSSR count). The molecule has 0 bridgehead atoms. The molecule has 0 aliphatic heterocycles. The lowest BCUT2D eigenvalue weighted by molar-refractivity contribution is 0.0140. The Hall–Kier alpha value is -0.220. The van der Waals surface area contributed by atoms with Crippen LogP contribution < -0.4 is 5.32 Å². The van der Waals surface area contributed by atoms with Gasteiger partial charge < -0.3 is 10.1 Å². The molecule has 2 nitrogen and oxygen atoms in total. The van der Waals surface area contributed by atoms with Crippen LogP contribution in [0.3, 0.4) is 0 Å². The van der Waals surface area contributed by atoms with E-state index in [0.717, 1.165) is 32.2 Å². The molecule has 0 heterocycles. The van der Waals surface area contributed by atoms with Crippen molar-refractivity contribution in [2.45, 2.75) is 65.8 Å². The van der Waals surface area contributed by atoms with E-state index >= 15 is 0 Å². The van der Waals surface area contributed by atoms with Gasteiger partial charge in [0.15, 0.2) is 0 Å². The fourth-order valence-corrected chi connectivity index (χ4v) is 1.70. The Morgan fingerprint density at radius 3 is 2.33 bits per heavy atom. The highest BCUT2D eigenvalue weighted by atomic mass is 19.3. The molecule has 110 valence electrons. The van der Waals surface area contributed by atoms with Crippen LogP contribution in [0.4, 0.5) is 8.78 Å². The first-order valence-corrected chi connectivity index (χ1v) is 6.94. The normalized spacial score (nSPS) is 14.2. The van der Waals surface area contributed by atoms with Crippen molar-refractivity contribution in [2.24, 2.45) is 5.41 Å². The molecule has 0 radical (unpaired) electrons. The van der Waals surface area contributed by atoms with Crippen LogP contribution in [0.15, 0.2) is 0 Å². The third-order valence-corrected chi connectivity index (χ3v) is 2.78. The van der Waals surface area contributed by atoms with Crippen molar-refractivity contribution >= 4 is 0 Å². The predicted octanol–water partition coefficient (Wildman–Crippen LogP) is 3.85. The maximum atomic E-state index is 11.9. The Morgan fingerprint density at radius 1 is 1.17 bits per heavy atom. The van der Waals surface area contributed by atoms with Crippen LogP contribution in [-0.4, -0.2) is 32.2 Å². The second kappa shape index (κ2) is 9.68. The highest BCUT2D eigenvalue weighted by Gasteiger charge is 2.15. The van der Waals surface area contributed by atoms with E-state index in [2.05, 4.69) is 33.0 Å². The molecule has 18 heavy (non-hydrogen) atoms. The van der Waals surface area contributed by atoms with Crippen molar-refractivity contribution < 1.29 is 13.5 Å². The number of hydrogen-bond donors (Lipinski definition) is 1. The molecular formula is C14H29F2NO. The Labute approximate surface area is 110 Å².